The van der Waals surface area contributed by atoms with Gasteiger partial charge in [-0.05, 0) is 6.92 Å². The minimum atomic E-state index is 0.875. The van der Waals surface area contributed by atoms with Crippen molar-refractivity contribution in [2.75, 3.05) is 0 Å². The Morgan fingerprint density at radius 1 is 1.67 bits per heavy atom. The van der Waals surface area contributed by atoms with E-state index in [2.05, 4.69) is 16.5 Å². The fourth-order valence-electron chi connectivity index (χ4n) is 0.628. The van der Waals surface area contributed by atoms with E-state index < -0.39 is 0 Å². The lowest BCUT2D eigenvalue weighted by Gasteiger charge is -1.81. The molecule has 0 spiro atoms. The van der Waals surface area contributed by atoms with Gasteiger partial charge in [0.05, 0.1) is 5.35 Å². The van der Waals surface area contributed by atoms with Crippen LogP contribution in [-0.4, -0.2) is 9.97 Å². The van der Waals surface area contributed by atoms with Crippen molar-refractivity contribution >= 4 is 12.7 Å². The van der Waals surface area contributed by atoms with E-state index in [9.17, 15) is 0 Å². The maximum Gasteiger partial charge on any atom is 0.116 e. The van der Waals surface area contributed by atoms with Gasteiger partial charge in [0.15, 0.2) is 0 Å². The molecule has 0 saturated carbocycles. The first-order valence-electron chi connectivity index (χ1n) is 2.76. The first kappa shape index (κ1) is 5.95. The quantitative estimate of drug-likeness (QED) is 0.469. The van der Waals surface area contributed by atoms with E-state index in [4.69, 9.17) is 0 Å². The highest BCUT2D eigenvalue weighted by Crippen LogP contribution is 1.54. The molecule has 1 rings (SSSR count). The summed E-state index contributed by atoms with van der Waals surface area (Å²) in [6.07, 6.45) is 5.12. The molecule has 46 valence electrons. The van der Waals surface area contributed by atoms with Crippen molar-refractivity contribution in [3.05, 3.63) is 23.1 Å². The van der Waals surface area contributed by atoms with Crippen molar-refractivity contribution in [2.24, 2.45) is 0 Å². The van der Waals surface area contributed by atoms with Crippen LogP contribution in [0.1, 0.15) is 6.92 Å². The largest absolute Gasteiger partial charge is 0.244 e. The summed E-state index contributed by atoms with van der Waals surface area (Å²) in [5.74, 6) is 0. The van der Waals surface area contributed by atoms with Gasteiger partial charge in [-0.3, -0.25) is 0 Å². The van der Waals surface area contributed by atoms with Crippen LogP contribution in [0.2, 0.25) is 0 Å². The van der Waals surface area contributed by atoms with Gasteiger partial charge in [-0.25, -0.2) is 9.97 Å². The zero-order chi connectivity index (χ0) is 6.69. The molecule has 0 N–H and O–H groups in total. The summed E-state index contributed by atoms with van der Waals surface area (Å²) in [6.45, 7) is 5.66. The van der Waals surface area contributed by atoms with Gasteiger partial charge in [0.2, 0.25) is 0 Å². The second-order valence-electron chi connectivity index (χ2n) is 1.72. The van der Waals surface area contributed by atoms with Crippen molar-refractivity contribution in [3.8, 4) is 0 Å². The molecule has 0 radical (unpaired) electrons. The second-order valence-corrected chi connectivity index (χ2v) is 1.72. The van der Waals surface area contributed by atoms with Crippen LogP contribution in [0.4, 0.5) is 0 Å². The van der Waals surface area contributed by atoms with E-state index in [1.54, 1.807) is 6.20 Å². The second kappa shape index (κ2) is 2.40. The lowest BCUT2D eigenvalue weighted by atomic mass is 10.4. The molecular formula is C7H8N2. The number of nitrogens with zero attached hydrogens (tertiary/aromatic N) is 2. The lowest BCUT2D eigenvalue weighted by Crippen LogP contribution is -2.26. The summed E-state index contributed by atoms with van der Waals surface area (Å²) in [6, 6.07) is 0. The Balaban J connectivity index is 3.53. The average molecular weight is 120 g/mol. The molecule has 0 atom stereocenters. The molecule has 0 amide bonds. The SMILES string of the molecule is C=c1cncn/c1=C/C. The van der Waals surface area contributed by atoms with Crippen molar-refractivity contribution < 1.29 is 0 Å². The summed E-state index contributed by atoms with van der Waals surface area (Å²) in [5, 5.41) is 1.78. The third-order valence-electron chi connectivity index (χ3n) is 1.10. The molecule has 0 bridgehead atoms. The molecule has 0 saturated heterocycles. The smallest absolute Gasteiger partial charge is 0.116 e. The van der Waals surface area contributed by atoms with Crippen LogP contribution in [0.15, 0.2) is 12.5 Å². The Hall–Kier alpha value is -1.18. The fraction of sp³-hybridized carbons (Fsp3) is 0.143. The first-order chi connectivity index (χ1) is 4.34. The third kappa shape index (κ3) is 1.13. The summed E-state index contributed by atoms with van der Waals surface area (Å²) in [4.78, 5) is 7.77. The van der Waals surface area contributed by atoms with Crippen LogP contribution in [0.25, 0.3) is 12.7 Å². The van der Waals surface area contributed by atoms with Crippen LogP contribution in [0.3, 0.4) is 0 Å². The van der Waals surface area contributed by atoms with Crippen LogP contribution in [0.5, 0.6) is 0 Å². The summed E-state index contributed by atoms with van der Waals surface area (Å²) in [5.41, 5.74) is 0. The van der Waals surface area contributed by atoms with Crippen molar-refractivity contribution in [3.63, 3.8) is 0 Å². The molecule has 0 aliphatic carbocycles. The van der Waals surface area contributed by atoms with E-state index in [1.165, 1.54) is 6.33 Å². The molecule has 2 heteroatoms. The number of hydrogen-bond acceptors (Lipinski definition) is 2. The predicted molar refractivity (Wildman–Crippen MR) is 36.9 cm³/mol. The van der Waals surface area contributed by atoms with E-state index in [-0.39, 0.29) is 0 Å². The van der Waals surface area contributed by atoms with Gasteiger partial charge >= 0.3 is 0 Å². The molecule has 2 nitrogen and oxygen atoms in total. The summed E-state index contributed by atoms with van der Waals surface area (Å²) in [7, 11) is 0. The topological polar surface area (TPSA) is 25.8 Å². The number of aromatic nitrogens is 2. The molecular weight excluding hydrogens is 112 g/mol. The van der Waals surface area contributed by atoms with E-state index in [0.29, 0.717) is 0 Å². The van der Waals surface area contributed by atoms with Crippen molar-refractivity contribution in [1.82, 2.24) is 9.97 Å². The third-order valence-corrected chi connectivity index (χ3v) is 1.10. The monoisotopic (exact) mass is 120 g/mol. The van der Waals surface area contributed by atoms with Crippen LogP contribution >= 0.6 is 0 Å². The Morgan fingerprint density at radius 2 is 2.44 bits per heavy atom. The summed E-state index contributed by atoms with van der Waals surface area (Å²) >= 11 is 0. The molecule has 9 heavy (non-hydrogen) atoms. The molecule has 1 heterocycles. The molecule has 0 aliphatic rings. The first-order valence-corrected chi connectivity index (χ1v) is 2.76. The normalized spacial score (nSPS) is 11.9. The Labute approximate surface area is 53.6 Å². The van der Waals surface area contributed by atoms with Gasteiger partial charge in [0, 0.05) is 11.4 Å². The van der Waals surface area contributed by atoms with Crippen LogP contribution in [0, 0.1) is 0 Å². The minimum absolute atomic E-state index is 0.875. The van der Waals surface area contributed by atoms with E-state index in [0.717, 1.165) is 10.6 Å². The number of rotatable bonds is 0. The average Bonchev–Trinajstić information content (AvgIpc) is 1.89. The van der Waals surface area contributed by atoms with Gasteiger partial charge in [0.1, 0.15) is 6.33 Å². The molecule has 0 aliphatic heterocycles. The molecule has 1 aromatic heterocycles. The molecule has 0 unspecified atom stereocenters. The highest BCUT2D eigenvalue weighted by molar-refractivity contribution is 5.16. The van der Waals surface area contributed by atoms with Gasteiger partial charge < -0.3 is 0 Å². The maximum atomic E-state index is 3.97. The maximum absolute atomic E-state index is 3.97. The van der Waals surface area contributed by atoms with Gasteiger partial charge in [-0.2, -0.15) is 0 Å². The fourth-order valence-corrected chi connectivity index (χ4v) is 0.628. The Kier molecular flexibility index (Phi) is 1.58. The van der Waals surface area contributed by atoms with Gasteiger partial charge in [-0.15, -0.1) is 0 Å². The van der Waals surface area contributed by atoms with E-state index >= 15 is 0 Å². The Morgan fingerprint density at radius 3 is 2.89 bits per heavy atom. The highest BCUT2D eigenvalue weighted by atomic mass is 14.8. The van der Waals surface area contributed by atoms with Gasteiger partial charge in [-0.1, -0.05) is 12.7 Å². The van der Waals surface area contributed by atoms with E-state index in [1.807, 2.05) is 13.0 Å². The zero-order valence-electron chi connectivity index (χ0n) is 5.33. The predicted octanol–water partition coefficient (Wildman–Crippen LogP) is -0.313. The Bertz CT molecular complexity index is 290. The van der Waals surface area contributed by atoms with Crippen LogP contribution in [-0.2, 0) is 0 Å². The molecule has 1 aromatic rings. The standard InChI is InChI=1S/C7H8N2/c1-3-7-6(2)4-8-5-9-7/h3-5H,2H2,1H3/b7-3+. The van der Waals surface area contributed by atoms with Crippen molar-refractivity contribution in [2.45, 2.75) is 6.92 Å². The lowest BCUT2D eigenvalue weighted by molar-refractivity contribution is 1.10. The molecule has 0 fully saturated rings. The highest BCUT2D eigenvalue weighted by Gasteiger charge is 1.76. The van der Waals surface area contributed by atoms with Crippen molar-refractivity contribution in [1.29, 1.82) is 0 Å². The molecule has 0 aromatic carbocycles. The van der Waals surface area contributed by atoms with Gasteiger partial charge in [0.25, 0.3) is 0 Å². The summed E-state index contributed by atoms with van der Waals surface area (Å²) < 4.78 is 0. The zero-order valence-corrected chi connectivity index (χ0v) is 5.33. The minimum Gasteiger partial charge on any atom is -0.244 e. The number of hydrogen-bond donors (Lipinski definition) is 0. The van der Waals surface area contributed by atoms with Crippen LogP contribution < -0.4 is 10.6 Å².